The van der Waals surface area contributed by atoms with Crippen molar-refractivity contribution in [3.63, 3.8) is 0 Å². The third-order valence-electron chi connectivity index (χ3n) is 4.81. The second-order valence-corrected chi connectivity index (χ2v) is 6.38. The lowest BCUT2D eigenvalue weighted by Gasteiger charge is -2.42. The lowest BCUT2D eigenvalue weighted by atomic mass is 9.86. The Balaban J connectivity index is 2.21. The summed E-state index contributed by atoms with van der Waals surface area (Å²) in [5, 5.41) is 0.989. The Bertz CT molecular complexity index is 832. The minimum absolute atomic E-state index is 0.182. The van der Waals surface area contributed by atoms with Gasteiger partial charge in [0.05, 0.1) is 19.4 Å². The summed E-state index contributed by atoms with van der Waals surface area (Å²) in [5.74, 6) is -0.197. The molecule has 0 radical (unpaired) electrons. The lowest BCUT2D eigenvalue weighted by Crippen LogP contribution is -2.57. The van der Waals surface area contributed by atoms with Gasteiger partial charge >= 0.3 is 5.97 Å². The third kappa shape index (κ3) is 2.65. The van der Waals surface area contributed by atoms with Gasteiger partial charge in [-0.25, -0.2) is 4.79 Å². The molecule has 1 aliphatic heterocycles. The first kappa shape index (κ1) is 17.6. The summed E-state index contributed by atoms with van der Waals surface area (Å²) >= 11 is 5.77. The van der Waals surface area contributed by atoms with Crippen LogP contribution in [-0.2, 0) is 26.3 Å². The molecule has 0 saturated heterocycles. The number of fused-ring (bicyclic) bond motifs is 3. The molecule has 2 aromatic rings. The second-order valence-electron chi connectivity index (χ2n) is 6.11. The number of halogens is 1. The number of nitrogens with zero attached hydrogens (tertiary/aromatic N) is 1. The zero-order chi connectivity index (χ0) is 18.2. The Hall–Kier alpha value is -2.21. The summed E-state index contributed by atoms with van der Waals surface area (Å²) in [7, 11) is 1.61. The highest BCUT2D eigenvalue weighted by Crippen LogP contribution is 2.40. The number of aromatic amines is 1. The number of hydrogen-bond acceptors (Lipinski definition) is 4. The molecular formula is C18H21ClN2O4. The van der Waals surface area contributed by atoms with E-state index in [1.165, 1.54) is 4.90 Å². The van der Waals surface area contributed by atoms with E-state index in [1.54, 1.807) is 21.0 Å². The highest BCUT2D eigenvalue weighted by molar-refractivity contribution is 6.27. The van der Waals surface area contributed by atoms with Crippen LogP contribution < -0.4 is 4.74 Å². The summed E-state index contributed by atoms with van der Waals surface area (Å²) < 4.78 is 10.6. The molecule has 6 nitrogen and oxygen atoms in total. The predicted molar refractivity (Wildman–Crippen MR) is 95.0 cm³/mol. The summed E-state index contributed by atoms with van der Waals surface area (Å²) in [6, 6.07) is 5.70. The first-order valence-corrected chi connectivity index (χ1v) is 8.73. The molecular weight excluding hydrogens is 344 g/mol. The Morgan fingerprint density at radius 1 is 1.40 bits per heavy atom. The fraction of sp³-hybridized carbons (Fsp3) is 0.444. The molecule has 134 valence electrons. The number of methoxy groups -OCH3 is 1. The van der Waals surface area contributed by atoms with E-state index in [-0.39, 0.29) is 18.4 Å². The molecule has 0 saturated carbocycles. The van der Waals surface area contributed by atoms with E-state index in [9.17, 15) is 9.59 Å². The van der Waals surface area contributed by atoms with Gasteiger partial charge in [-0.2, -0.15) is 0 Å². The molecule has 2 heterocycles. The highest BCUT2D eigenvalue weighted by atomic mass is 35.5. The molecule has 1 atom stereocenters. The standard InChI is InChI=1S/C18H21ClN2O4/c1-4-25-17(23)18(2)16-12(7-8-21(18)15(22)10-19)13-9-11(24-3)5-6-14(13)20-16/h5-6,9,20H,4,7-8,10H2,1-3H3. The molecule has 1 aromatic carbocycles. The maximum absolute atomic E-state index is 12.8. The largest absolute Gasteiger partial charge is 0.497 e. The number of alkyl halides is 1. The summed E-state index contributed by atoms with van der Waals surface area (Å²) in [6.45, 7) is 4.09. The van der Waals surface area contributed by atoms with Crippen molar-refractivity contribution < 1.29 is 19.1 Å². The zero-order valence-electron chi connectivity index (χ0n) is 14.5. The van der Waals surface area contributed by atoms with E-state index >= 15 is 0 Å². The van der Waals surface area contributed by atoms with Crippen LogP contribution in [0.15, 0.2) is 18.2 Å². The Labute approximate surface area is 151 Å². The van der Waals surface area contributed by atoms with Crippen molar-refractivity contribution in [2.24, 2.45) is 0 Å². The van der Waals surface area contributed by atoms with Crippen LogP contribution in [0.3, 0.4) is 0 Å². The third-order valence-corrected chi connectivity index (χ3v) is 5.04. The summed E-state index contributed by atoms with van der Waals surface area (Å²) in [5.41, 5.74) is 1.34. The molecule has 7 heteroatoms. The van der Waals surface area contributed by atoms with Crippen LogP contribution >= 0.6 is 11.6 Å². The fourth-order valence-corrected chi connectivity index (χ4v) is 3.69. The van der Waals surface area contributed by atoms with E-state index in [2.05, 4.69) is 4.98 Å². The van der Waals surface area contributed by atoms with Crippen LogP contribution in [0.25, 0.3) is 10.9 Å². The molecule has 1 unspecified atom stereocenters. The SMILES string of the molecule is CCOC(=O)C1(C)c2[nH]c3ccc(OC)cc3c2CCN1C(=O)CCl. The summed E-state index contributed by atoms with van der Waals surface area (Å²) in [4.78, 5) is 30.0. The van der Waals surface area contributed by atoms with E-state index in [0.29, 0.717) is 18.7 Å². The van der Waals surface area contributed by atoms with Gasteiger partial charge in [-0.3, -0.25) is 4.79 Å². The van der Waals surface area contributed by atoms with Crippen molar-refractivity contribution in [3.8, 4) is 5.75 Å². The normalized spacial score (nSPS) is 19.6. The van der Waals surface area contributed by atoms with Crippen molar-refractivity contribution in [3.05, 3.63) is 29.5 Å². The van der Waals surface area contributed by atoms with Crippen LogP contribution in [-0.4, -0.2) is 47.9 Å². The Kier molecular flexibility index (Phi) is 4.64. The van der Waals surface area contributed by atoms with Gasteiger partial charge in [0.25, 0.3) is 0 Å². The van der Waals surface area contributed by atoms with E-state index in [0.717, 1.165) is 22.2 Å². The first-order valence-electron chi connectivity index (χ1n) is 8.20. The average Bonchev–Trinajstić information content (AvgIpc) is 3.00. The minimum atomic E-state index is -1.23. The van der Waals surface area contributed by atoms with Crippen molar-refractivity contribution in [1.82, 2.24) is 9.88 Å². The number of benzene rings is 1. The second kappa shape index (κ2) is 6.59. The van der Waals surface area contributed by atoms with E-state index in [4.69, 9.17) is 21.1 Å². The van der Waals surface area contributed by atoms with Gasteiger partial charge in [-0.1, -0.05) is 0 Å². The van der Waals surface area contributed by atoms with Crippen LogP contribution in [0, 0.1) is 0 Å². The van der Waals surface area contributed by atoms with Crippen molar-refractivity contribution in [2.75, 3.05) is 26.1 Å². The van der Waals surface area contributed by atoms with Crippen molar-refractivity contribution >= 4 is 34.4 Å². The van der Waals surface area contributed by atoms with Gasteiger partial charge in [0.1, 0.15) is 11.6 Å². The zero-order valence-corrected chi connectivity index (χ0v) is 15.3. The molecule has 0 fully saturated rings. The predicted octanol–water partition coefficient (Wildman–Crippen LogP) is 2.58. The molecule has 1 aliphatic rings. The van der Waals surface area contributed by atoms with Gasteiger partial charge in [0, 0.05) is 17.4 Å². The van der Waals surface area contributed by atoms with Crippen molar-refractivity contribution in [1.29, 1.82) is 0 Å². The molecule has 0 bridgehead atoms. The maximum atomic E-state index is 12.8. The average molecular weight is 365 g/mol. The number of nitrogens with one attached hydrogen (secondary N) is 1. The van der Waals surface area contributed by atoms with Gasteiger partial charge in [0.15, 0.2) is 5.54 Å². The molecule has 1 N–H and O–H groups in total. The number of carbonyl (C=O) groups excluding carboxylic acids is 2. The number of hydrogen-bond donors (Lipinski definition) is 1. The maximum Gasteiger partial charge on any atom is 0.338 e. The number of H-pyrrole nitrogens is 1. The van der Waals surface area contributed by atoms with Crippen LogP contribution in [0.2, 0.25) is 0 Å². The molecule has 3 rings (SSSR count). The lowest BCUT2D eigenvalue weighted by molar-refractivity contribution is -0.164. The van der Waals surface area contributed by atoms with Gasteiger partial charge in [0.2, 0.25) is 5.91 Å². The number of carbonyl (C=O) groups is 2. The molecule has 25 heavy (non-hydrogen) atoms. The number of aromatic nitrogens is 1. The Morgan fingerprint density at radius 2 is 2.16 bits per heavy atom. The quantitative estimate of drug-likeness (QED) is 0.668. The number of ether oxygens (including phenoxy) is 2. The minimum Gasteiger partial charge on any atom is -0.497 e. The fourth-order valence-electron chi connectivity index (χ4n) is 3.54. The number of amides is 1. The molecule has 0 aliphatic carbocycles. The van der Waals surface area contributed by atoms with Gasteiger partial charge in [-0.05, 0) is 44.0 Å². The first-order chi connectivity index (χ1) is 12.0. The molecule has 1 aromatic heterocycles. The highest BCUT2D eigenvalue weighted by Gasteiger charge is 2.50. The monoisotopic (exact) mass is 364 g/mol. The molecule has 1 amide bonds. The van der Waals surface area contributed by atoms with Gasteiger partial charge < -0.3 is 19.4 Å². The van der Waals surface area contributed by atoms with E-state index < -0.39 is 11.5 Å². The smallest absolute Gasteiger partial charge is 0.338 e. The molecule has 0 spiro atoms. The number of rotatable bonds is 4. The van der Waals surface area contributed by atoms with Crippen LogP contribution in [0.5, 0.6) is 5.75 Å². The van der Waals surface area contributed by atoms with Crippen LogP contribution in [0.1, 0.15) is 25.1 Å². The Morgan fingerprint density at radius 3 is 2.80 bits per heavy atom. The van der Waals surface area contributed by atoms with Crippen LogP contribution in [0.4, 0.5) is 0 Å². The van der Waals surface area contributed by atoms with Crippen molar-refractivity contribution in [2.45, 2.75) is 25.8 Å². The van der Waals surface area contributed by atoms with E-state index in [1.807, 2.05) is 18.2 Å². The summed E-state index contributed by atoms with van der Waals surface area (Å²) in [6.07, 6.45) is 0.625. The topological polar surface area (TPSA) is 71.6 Å². The number of esters is 1. The van der Waals surface area contributed by atoms with Gasteiger partial charge in [-0.15, -0.1) is 11.6 Å².